The first-order valence-electron chi connectivity index (χ1n) is 16.1. The molecule has 47 heavy (non-hydrogen) atoms. The average Bonchev–Trinajstić information content (AvgIpc) is 3.74. The summed E-state index contributed by atoms with van der Waals surface area (Å²) in [5, 5.41) is 5.45. The SMILES string of the molecule is C[Si]1(C)c2cc3c(cc2N(c2cccc(OC4=CC5c6nccn6-c6ccccc6C5C=C4)c2)c2ncccc21)sc1ccccc13. The van der Waals surface area contributed by atoms with Crippen molar-refractivity contribution in [2.75, 3.05) is 4.90 Å². The number of aromatic nitrogens is 3. The topological polar surface area (TPSA) is 43.2 Å². The first-order chi connectivity index (χ1) is 23.0. The molecule has 7 heteroatoms. The Kier molecular flexibility index (Phi) is 5.66. The number of imidazole rings is 1. The van der Waals surface area contributed by atoms with Crippen molar-refractivity contribution in [3.8, 4) is 11.4 Å². The van der Waals surface area contributed by atoms with Crippen LogP contribution in [-0.2, 0) is 0 Å². The van der Waals surface area contributed by atoms with Crippen LogP contribution in [-0.4, -0.2) is 22.6 Å². The Morgan fingerprint density at radius 3 is 2.60 bits per heavy atom. The zero-order valence-electron chi connectivity index (χ0n) is 26.0. The van der Waals surface area contributed by atoms with Crippen LogP contribution < -0.4 is 20.0 Å². The third-order valence-corrected chi connectivity index (χ3v) is 14.7. The minimum atomic E-state index is -2.06. The van der Waals surface area contributed by atoms with E-state index in [0.29, 0.717) is 0 Å². The van der Waals surface area contributed by atoms with Crippen LogP contribution in [0.4, 0.5) is 17.2 Å². The molecule has 1 aliphatic carbocycles. The second-order valence-corrected chi connectivity index (χ2v) is 18.5. The Bertz CT molecular complexity index is 2470. The lowest BCUT2D eigenvalue weighted by Gasteiger charge is -2.40. The molecule has 0 N–H and O–H groups in total. The first-order valence-corrected chi connectivity index (χ1v) is 19.9. The Morgan fingerprint density at radius 1 is 0.745 bits per heavy atom. The number of pyridine rings is 1. The number of nitrogens with zero attached hydrogens (tertiary/aromatic N) is 4. The van der Waals surface area contributed by atoms with E-state index in [9.17, 15) is 0 Å². The minimum Gasteiger partial charge on any atom is -0.458 e. The van der Waals surface area contributed by atoms with Crippen molar-refractivity contribution in [2.45, 2.75) is 24.9 Å². The number of anilines is 3. The summed E-state index contributed by atoms with van der Waals surface area (Å²) >= 11 is 1.86. The molecule has 5 nitrogen and oxygen atoms in total. The van der Waals surface area contributed by atoms with Gasteiger partial charge < -0.3 is 9.30 Å². The molecule has 5 heterocycles. The summed E-state index contributed by atoms with van der Waals surface area (Å²) in [5.41, 5.74) is 4.77. The molecule has 3 aromatic heterocycles. The summed E-state index contributed by atoms with van der Waals surface area (Å²) in [6.45, 7) is 4.90. The third kappa shape index (κ3) is 3.93. The standard InChI is InChI=1S/C40H30N4OSSi/c1-47(2)37-15-8-18-41-40(37)44(34-24-36-31(23-38(34)47)30-12-4-6-14-35(30)46-36)25-9-7-10-26(21-25)45-27-16-17-28-29-11-3-5-13-33(29)43-20-19-42-39(43)32(28)22-27/h3-24,28,32H,1-2H3. The third-order valence-electron chi connectivity index (χ3n) is 10.1. The van der Waals surface area contributed by atoms with Gasteiger partial charge in [-0.1, -0.05) is 73.8 Å². The van der Waals surface area contributed by atoms with Crippen molar-refractivity contribution >= 4 is 67.1 Å². The van der Waals surface area contributed by atoms with E-state index in [1.54, 1.807) is 0 Å². The van der Waals surface area contributed by atoms with Crippen LogP contribution in [0.5, 0.6) is 5.75 Å². The van der Waals surface area contributed by atoms with Crippen molar-refractivity contribution in [3.05, 3.63) is 151 Å². The molecule has 0 saturated carbocycles. The molecule has 2 unspecified atom stereocenters. The van der Waals surface area contributed by atoms with E-state index >= 15 is 0 Å². The number of fused-ring (bicyclic) bond motifs is 11. The maximum atomic E-state index is 6.64. The number of hydrogen-bond acceptors (Lipinski definition) is 5. The van der Waals surface area contributed by atoms with Gasteiger partial charge in [-0.25, -0.2) is 9.97 Å². The second-order valence-electron chi connectivity index (χ2n) is 13.1. The molecule has 4 aromatic carbocycles. The van der Waals surface area contributed by atoms with Gasteiger partial charge >= 0.3 is 0 Å². The Balaban J connectivity index is 1.07. The van der Waals surface area contributed by atoms with E-state index in [1.165, 1.54) is 47.5 Å². The van der Waals surface area contributed by atoms with Gasteiger partial charge in [0.25, 0.3) is 0 Å². The van der Waals surface area contributed by atoms with Gasteiger partial charge in [0.05, 0.1) is 11.4 Å². The molecule has 0 radical (unpaired) electrons. The number of para-hydroxylation sites is 1. The summed E-state index contributed by atoms with van der Waals surface area (Å²) < 4.78 is 11.5. The van der Waals surface area contributed by atoms with Gasteiger partial charge in [0.1, 0.15) is 31.2 Å². The molecule has 7 aromatic rings. The van der Waals surface area contributed by atoms with E-state index in [-0.39, 0.29) is 11.8 Å². The van der Waals surface area contributed by atoms with Gasteiger partial charge in [-0.2, -0.15) is 0 Å². The van der Waals surface area contributed by atoms with Gasteiger partial charge in [0.2, 0.25) is 0 Å². The fourth-order valence-corrected chi connectivity index (χ4v) is 11.8. The molecule has 2 aliphatic heterocycles. The predicted octanol–water partition coefficient (Wildman–Crippen LogP) is 8.95. The van der Waals surface area contributed by atoms with E-state index in [0.717, 1.165) is 28.8 Å². The van der Waals surface area contributed by atoms with Crippen LogP contribution >= 0.6 is 11.3 Å². The molecule has 0 fully saturated rings. The van der Waals surface area contributed by atoms with Crippen molar-refractivity contribution in [3.63, 3.8) is 0 Å². The average molecular weight is 643 g/mol. The van der Waals surface area contributed by atoms with Crippen LogP contribution in [0.3, 0.4) is 0 Å². The van der Waals surface area contributed by atoms with Crippen LogP contribution in [0.15, 0.2) is 140 Å². The minimum absolute atomic E-state index is 0.101. The Labute approximate surface area is 277 Å². The van der Waals surface area contributed by atoms with Crippen molar-refractivity contribution in [1.82, 2.24) is 14.5 Å². The van der Waals surface area contributed by atoms with Gasteiger partial charge in [-0.05, 0) is 64.5 Å². The van der Waals surface area contributed by atoms with Gasteiger partial charge in [0.15, 0.2) is 0 Å². The van der Waals surface area contributed by atoms with Crippen molar-refractivity contribution in [2.24, 2.45) is 0 Å². The van der Waals surface area contributed by atoms with E-state index < -0.39 is 8.07 Å². The molecule has 0 spiro atoms. The summed E-state index contributed by atoms with van der Waals surface area (Å²) in [7, 11) is -2.06. The molecular formula is C40H30N4OSSi. The number of allylic oxidation sites excluding steroid dienone is 3. The monoisotopic (exact) mass is 642 g/mol. The van der Waals surface area contributed by atoms with Crippen LogP contribution in [0.2, 0.25) is 13.1 Å². The molecule has 10 rings (SSSR count). The molecule has 2 atom stereocenters. The zero-order valence-corrected chi connectivity index (χ0v) is 27.8. The normalized spacial score (nSPS) is 18.6. The maximum absolute atomic E-state index is 6.64. The summed E-state index contributed by atoms with van der Waals surface area (Å²) in [6, 6.07) is 35.0. The predicted molar refractivity (Wildman–Crippen MR) is 195 cm³/mol. The first kappa shape index (κ1) is 26.9. The number of rotatable bonds is 3. The number of thiophene rings is 1. The Morgan fingerprint density at radius 2 is 1.64 bits per heavy atom. The summed E-state index contributed by atoms with van der Waals surface area (Å²) in [6.07, 6.45) is 12.5. The molecule has 0 bridgehead atoms. The molecule has 0 saturated heterocycles. The zero-order chi connectivity index (χ0) is 31.3. The highest BCUT2D eigenvalue weighted by atomic mass is 32.1. The smallest absolute Gasteiger partial charge is 0.137 e. The van der Waals surface area contributed by atoms with E-state index in [1.807, 2.05) is 29.8 Å². The Hall–Kier alpha value is -5.24. The van der Waals surface area contributed by atoms with E-state index in [4.69, 9.17) is 14.7 Å². The molecule has 0 amide bonds. The number of hydrogen-bond donors (Lipinski definition) is 0. The van der Waals surface area contributed by atoms with Gasteiger partial charge in [-0.15, -0.1) is 11.3 Å². The van der Waals surface area contributed by atoms with E-state index in [2.05, 4.69) is 138 Å². The number of ether oxygens (including phenoxy) is 1. The second kappa shape index (κ2) is 9.88. The van der Waals surface area contributed by atoms with Gasteiger partial charge in [-0.3, -0.25) is 4.90 Å². The highest BCUT2D eigenvalue weighted by Gasteiger charge is 2.40. The summed E-state index contributed by atoms with van der Waals surface area (Å²) in [5.74, 6) is 4.01. The molecular weight excluding hydrogens is 613 g/mol. The van der Waals surface area contributed by atoms with Crippen molar-refractivity contribution < 1.29 is 4.74 Å². The lowest BCUT2D eigenvalue weighted by atomic mass is 9.79. The maximum Gasteiger partial charge on any atom is 0.137 e. The quantitative estimate of drug-likeness (QED) is 0.181. The lowest BCUT2D eigenvalue weighted by molar-refractivity contribution is 0.431. The lowest BCUT2D eigenvalue weighted by Crippen LogP contribution is -2.58. The molecule has 226 valence electrons. The van der Waals surface area contributed by atoms with Crippen LogP contribution in [0, 0.1) is 0 Å². The summed E-state index contributed by atoms with van der Waals surface area (Å²) in [4.78, 5) is 12.1. The van der Waals surface area contributed by atoms with Gasteiger partial charge in [0, 0.05) is 62.4 Å². The highest BCUT2D eigenvalue weighted by molar-refractivity contribution is 7.26. The number of benzene rings is 4. The van der Waals surface area contributed by atoms with Crippen molar-refractivity contribution in [1.29, 1.82) is 0 Å². The molecule has 3 aliphatic rings. The fraction of sp³-hybridized carbons (Fsp3) is 0.100. The fourth-order valence-electron chi connectivity index (χ4n) is 7.86. The van der Waals surface area contributed by atoms with Crippen LogP contribution in [0.25, 0.3) is 25.9 Å². The van der Waals surface area contributed by atoms with Crippen LogP contribution in [0.1, 0.15) is 23.2 Å². The largest absolute Gasteiger partial charge is 0.458 e. The highest BCUT2D eigenvalue weighted by Crippen LogP contribution is 2.46.